The second-order valence-electron chi connectivity index (χ2n) is 1.79. The Labute approximate surface area is 54.0 Å². The highest BCUT2D eigenvalue weighted by Gasteiger charge is 1.94. The van der Waals surface area contributed by atoms with Gasteiger partial charge in [0.1, 0.15) is 0 Å². The summed E-state index contributed by atoms with van der Waals surface area (Å²) in [6.45, 7) is 2.24. The average molecular weight is 134 g/mol. The molecule has 3 heteroatoms. The van der Waals surface area contributed by atoms with E-state index in [0.29, 0.717) is 0 Å². The normalized spacial score (nSPS) is 9.11. The Kier molecular flexibility index (Phi) is 5.17. The lowest BCUT2D eigenvalue weighted by atomic mass is 10.3. The lowest BCUT2D eigenvalue weighted by Crippen LogP contribution is -1.96. The first-order valence-electron chi connectivity index (χ1n) is 3.09. The van der Waals surface area contributed by atoms with Gasteiger partial charge >= 0.3 is 6.22 Å². The van der Waals surface area contributed by atoms with E-state index in [1.807, 2.05) is 6.92 Å². The first-order chi connectivity index (χ1) is 4.27. The molecule has 0 N–H and O–H groups in total. The third-order valence-electron chi connectivity index (χ3n) is 0.963. The smallest absolute Gasteiger partial charge is 0.440 e. The van der Waals surface area contributed by atoms with Crippen molar-refractivity contribution in [2.75, 3.05) is 6.61 Å². The van der Waals surface area contributed by atoms with E-state index in [4.69, 9.17) is 0 Å². The van der Waals surface area contributed by atoms with E-state index in [0.717, 1.165) is 19.3 Å². The van der Waals surface area contributed by atoms with Crippen molar-refractivity contribution in [3.63, 3.8) is 0 Å². The van der Waals surface area contributed by atoms with Crippen LogP contribution in [0.25, 0.3) is 0 Å². The molecule has 0 aliphatic heterocycles. The van der Waals surface area contributed by atoms with Gasteiger partial charge in [0, 0.05) is 0 Å². The van der Waals surface area contributed by atoms with Gasteiger partial charge in [-0.15, -0.1) is 4.39 Å². The van der Waals surface area contributed by atoms with E-state index in [1.54, 1.807) is 0 Å². The highest BCUT2D eigenvalue weighted by molar-refractivity contribution is 5.57. The van der Waals surface area contributed by atoms with E-state index in [-0.39, 0.29) is 6.61 Å². The van der Waals surface area contributed by atoms with Crippen molar-refractivity contribution in [3.05, 3.63) is 0 Å². The number of ether oxygens (including phenoxy) is 1. The van der Waals surface area contributed by atoms with Crippen LogP contribution in [0.2, 0.25) is 0 Å². The number of carbonyl (C=O) groups is 1. The predicted octanol–water partition coefficient (Wildman–Crippen LogP) is 2.28. The first kappa shape index (κ1) is 8.40. The maximum atomic E-state index is 11.3. The van der Waals surface area contributed by atoms with Crippen LogP contribution in [0.1, 0.15) is 26.2 Å². The van der Waals surface area contributed by atoms with Gasteiger partial charge in [0.05, 0.1) is 6.61 Å². The van der Waals surface area contributed by atoms with Gasteiger partial charge in [0.15, 0.2) is 0 Å². The van der Waals surface area contributed by atoms with Crippen molar-refractivity contribution < 1.29 is 13.9 Å². The first-order valence-corrected chi connectivity index (χ1v) is 3.09. The van der Waals surface area contributed by atoms with Gasteiger partial charge in [-0.05, 0) is 6.42 Å². The van der Waals surface area contributed by atoms with Gasteiger partial charge in [0.25, 0.3) is 0 Å². The molecule has 0 spiro atoms. The summed E-state index contributed by atoms with van der Waals surface area (Å²) < 4.78 is 15.3. The van der Waals surface area contributed by atoms with Crippen molar-refractivity contribution in [1.29, 1.82) is 0 Å². The van der Waals surface area contributed by atoms with Crippen LogP contribution >= 0.6 is 0 Å². The molecule has 0 aromatic heterocycles. The fourth-order valence-electron chi connectivity index (χ4n) is 0.504. The van der Waals surface area contributed by atoms with E-state index < -0.39 is 6.22 Å². The quantitative estimate of drug-likeness (QED) is 0.435. The van der Waals surface area contributed by atoms with Crippen LogP contribution in [0, 0.1) is 0 Å². The van der Waals surface area contributed by atoms with Gasteiger partial charge in [-0.1, -0.05) is 19.8 Å². The topological polar surface area (TPSA) is 26.3 Å². The molecular formula is C6H11FO2. The third-order valence-corrected chi connectivity index (χ3v) is 0.963. The van der Waals surface area contributed by atoms with Crippen molar-refractivity contribution in [2.24, 2.45) is 0 Å². The number of rotatable bonds is 4. The highest BCUT2D eigenvalue weighted by Crippen LogP contribution is 1.94. The number of unbranched alkanes of at least 4 members (excludes halogenated alkanes) is 2. The van der Waals surface area contributed by atoms with Crippen molar-refractivity contribution in [1.82, 2.24) is 0 Å². The van der Waals surface area contributed by atoms with Crippen LogP contribution in [0.5, 0.6) is 0 Å². The summed E-state index contributed by atoms with van der Waals surface area (Å²) in [4.78, 5) is 9.52. The molecule has 0 aromatic carbocycles. The second kappa shape index (κ2) is 5.54. The molecule has 0 aliphatic rings. The number of hydrogen-bond donors (Lipinski definition) is 0. The molecule has 0 saturated carbocycles. The summed E-state index contributed by atoms with van der Waals surface area (Å²) in [6, 6.07) is 0. The molecule has 0 rings (SSSR count). The lowest BCUT2D eigenvalue weighted by molar-refractivity contribution is 0.119. The molecular weight excluding hydrogens is 123 g/mol. The van der Waals surface area contributed by atoms with Crippen molar-refractivity contribution in [3.8, 4) is 0 Å². The third kappa shape index (κ3) is 7.40. The van der Waals surface area contributed by atoms with Crippen LogP contribution < -0.4 is 0 Å². The summed E-state index contributed by atoms with van der Waals surface area (Å²) in [7, 11) is 0. The summed E-state index contributed by atoms with van der Waals surface area (Å²) >= 11 is 0. The molecule has 0 unspecified atom stereocenters. The SMILES string of the molecule is CCCCCOC(=O)F. The van der Waals surface area contributed by atoms with Crippen LogP contribution in [-0.4, -0.2) is 12.8 Å². The monoisotopic (exact) mass is 134 g/mol. The molecule has 0 atom stereocenters. The zero-order valence-corrected chi connectivity index (χ0v) is 5.52. The summed E-state index contributed by atoms with van der Waals surface area (Å²) in [5, 5.41) is 0. The maximum Gasteiger partial charge on any atom is 0.495 e. The number of halogens is 1. The fraction of sp³-hybridized carbons (Fsp3) is 0.833. The molecule has 0 bridgehead atoms. The Morgan fingerprint density at radius 2 is 2.22 bits per heavy atom. The molecule has 0 aromatic rings. The van der Waals surface area contributed by atoms with Crippen LogP contribution in [0.3, 0.4) is 0 Å². The van der Waals surface area contributed by atoms with Gasteiger partial charge in [-0.25, -0.2) is 4.79 Å². The standard InChI is InChI=1S/C6H11FO2/c1-2-3-4-5-9-6(7)8/h2-5H2,1H3. The largest absolute Gasteiger partial charge is 0.495 e. The average Bonchev–Trinajstić information content (AvgIpc) is 1.80. The highest BCUT2D eigenvalue weighted by atomic mass is 19.1. The van der Waals surface area contributed by atoms with Crippen LogP contribution in [0.15, 0.2) is 0 Å². The zero-order chi connectivity index (χ0) is 7.11. The Balaban J connectivity index is 2.83. The summed E-state index contributed by atoms with van der Waals surface area (Å²) in [5.41, 5.74) is 0. The van der Waals surface area contributed by atoms with E-state index >= 15 is 0 Å². The van der Waals surface area contributed by atoms with Gasteiger partial charge in [-0.2, -0.15) is 0 Å². The minimum atomic E-state index is -1.67. The molecule has 54 valence electrons. The lowest BCUT2D eigenvalue weighted by Gasteiger charge is -1.95. The maximum absolute atomic E-state index is 11.3. The Hall–Kier alpha value is -0.600. The number of carbonyl (C=O) groups excluding carboxylic acids is 1. The minimum Gasteiger partial charge on any atom is -0.440 e. The van der Waals surface area contributed by atoms with Gasteiger partial charge < -0.3 is 4.74 Å². The van der Waals surface area contributed by atoms with E-state index in [1.165, 1.54) is 0 Å². The number of hydrogen-bond acceptors (Lipinski definition) is 2. The van der Waals surface area contributed by atoms with Crippen LogP contribution in [-0.2, 0) is 4.74 Å². The second-order valence-corrected chi connectivity index (χ2v) is 1.79. The molecule has 0 radical (unpaired) electrons. The van der Waals surface area contributed by atoms with E-state index in [2.05, 4.69) is 4.74 Å². The molecule has 0 saturated heterocycles. The molecule has 0 amide bonds. The van der Waals surface area contributed by atoms with Crippen LogP contribution in [0.4, 0.5) is 9.18 Å². The summed E-state index contributed by atoms with van der Waals surface area (Å²) in [5.74, 6) is 0. The summed E-state index contributed by atoms with van der Waals surface area (Å²) in [6.07, 6.45) is 1.11. The molecule has 9 heavy (non-hydrogen) atoms. The van der Waals surface area contributed by atoms with Crippen molar-refractivity contribution in [2.45, 2.75) is 26.2 Å². The minimum absolute atomic E-state index is 0.211. The Bertz CT molecular complexity index is 83.1. The van der Waals surface area contributed by atoms with Gasteiger partial charge in [0.2, 0.25) is 0 Å². The molecule has 0 heterocycles. The Morgan fingerprint density at radius 1 is 1.56 bits per heavy atom. The zero-order valence-electron chi connectivity index (χ0n) is 5.52. The fourth-order valence-corrected chi connectivity index (χ4v) is 0.504. The van der Waals surface area contributed by atoms with Gasteiger partial charge in [-0.3, -0.25) is 0 Å². The molecule has 0 fully saturated rings. The molecule has 2 nitrogen and oxygen atoms in total. The van der Waals surface area contributed by atoms with Crippen molar-refractivity contribution >= 4 is 6.22 Å². The Morgan fingerprint density at radius 3 is 2.67 bits per heavy atom. The predicted molar refractivity (Wildman–Crippen MR) is 32.0 cm³/mol. The van der Waals surface area contributed by atoms with E-state index in [9.17, 15) is 9.18 Å². The molecule has 0 aliphatic carbocycles.